The fourth-order valence-electron chi connectivity index (χ4n) is 1.78. The SMILES string of the molecule is CC(O)CC[C@H]1C=C[C@@H](c2ccccc2)OO1. The molecule has 0 saturated carbocycles. The minimum atomic E-state index is -0.293. The van der Waals surface area contributed by atoms with Gasteiger partial charge in [0.25, 0.3) is 0 Å². The fraction of sp³-hybridized carbons (Fsp3) is 0.429. The molecule has 0 radical (unpaired) electrons. The molecule has 1 N–H and O–H groups in total. The Balaban J connectivity index is 1.89. The van der Waals surface area contributed by atoms with E-state index in [4.69, 9.17) is 9.78 Å². The van der Waals surface area contributed by atoms with Crippen LogP contribution in [-0.2, 0) is 9.78 Å². The van der Waals surface area contributed by atoms with Crippen LogP contribution in [0.1, 0.15) is 31.4 Å². The van der Waals surface area contributed by atoms with Crippen LogP contribution in [0.4, 0.5) is 0 Å². The lowest BCUT2D eigenvalue weighted by Crippen LogP contribution is -2.19. The zero-order chi connectivity index (χ0) is 12.1. The molecule has 3 heteroatoms. The second-order valence-electron chi connectivity index (χ2n) is 4.37. The number of aliphatic hydroxyl groups excluding tert-OH is 1. The third-order valence-electron chi connectivity index (χ3n) is 2.78. The van der Waals surface area contributed by atoms with Gasteiger partial charge in [-0.1, -0.05) is 36.4 Å². The Hall–Kier alpha value is -1.16. The van der Waals surface area contributed by atoms with Crippen molar-refractivity contribution >= 4 is 0 Å². The maximum Gasteiger partial charge on any atom is 0.136 e. The predicted octanol–water partition coefficient (Wildman–Crippen LogP) is 2.78. The Labute approximate surface area is 102 Å². The second kappa shape index (κ2) is 5.96. The molecule has 0 fully saturated rings. The quantitative estimate of drug-likeness (QED) is 0.643. The Morgan fingerprint density at radius 3 is 2.53 bits per heavy atom. The van der Waals surface area contributed by atoms with Gasteiger partial charge >= 0.3 is 0 Å². The van der Waals surface area contributed by atoms with Gasteiger partial charge in [-0.25, -0.2) is 9.78 Å². The summed E-state index contributed by atoms with van der Waals surface area (Å²) in [6, 6.07) is 9.95. The average Bonchev–Trinajstić information content (AvgIpc) is 2.38. The average molecular weight is 234 g/mol. The fourth-order valence-corrected chi connectivity index (χ4v) is 1.78. The third kappa shape index (κ3) is 3.66. The summed E-state index contributed by atoms with van der Waals surface area (Å²) in [6.45, 7) is 1.78. The van der Waals surface area contributed by atoms with Crippen molar-refractivity contribution in [1.82, 2.24) is 0 Å². The van der Waals surface area contributed by atoms with E-state index in [-0.39, 0.29) is 18.3 Å². The molecule has 92 valence electrons. The predicted molar refractivity (Wildman–Crippen MR) is 65.2 cm³/mol. The molecule has 17 heavy (non-hydrogen) atoms. The molecule has 3 atom stereocenters. The Morgan fingerprint density at radius 1 is 1.18 bits per heavy atom. The van der Waals surface area contributed by atoms with Crippen LogP contribution in [0.5, 0.6) is 0 Å². The van der Waals surface area contributed by atoms with Crippen molar-refractivity contribution in [3.8, 4) is 0 Å². The summed E-state index contributed by atoms with van der Waals surface area (Å²) in [5.74, 6) is 0. The number of hydrogen-bond acceptors (Lipinski definition) is 3. The Morgan fingerprint density at radius 2 is 1.94 bits per heavy atom. The summed E-state index contributed by atoms with van der Waals surface area (Å²) in [5, 5.41) is 9.19. The molecular formula is C14H18O3. The van der Waals surface area contributed by atoms with E-state index in [0.29, 0.717) is 6.42 Å². The van der Waals surface area contributed by atoms with Gasteiger partial charge in [0.15, 0.2) is 0 Å². The van der Waals surface area contributed by atoms with Crippen molar-refractivity contribution in [2.45, 2.75) is 38.1 Å². The zero-order valence-electron chi connectivity index (χ0n) is 9.95. The van der Waals surface area contributed by atoms with Gasteiger partial charge in [-0.15, -0.1) is 0 Å². The van der Waals surface area contributed by atoms with Crippen LogP contribution in [0.3, 0.4) is 0 Å². The summed E-state index contributed by atoms with van der Waals surface area (Å²) in [5.41, 5.74) is 1.08. The van der Waals surface area contributed by atoms with Crippen LogP contribution in [0, 0.1) is 0 Å². The van der Waals surface area contributed by atoms with Crippen LogP contribution >= 0.6 is 0 Å². The Bertz CT molecular complexity index is 359. The van der Waals surface area contributed by atoms with Crippen molar-refractivity contribution in [2.24, 2.45) is 0 Å². The second-order valence-corrected chi connectivity index (χ2v) is 4.37. The van der Waals surface area contributed by atoms with Crippen molar-refractivity contribution in [1.29, 1.82) is 0 Å². The maximum atomic E-state index is 9.19. The molecule has 1 unspecified atom stereocenters. The largest absolute Gasteiger partial charge is 0.393 e. The van der Waals surface area contributed by atoms with Crippen molar-refractivity contribution in [2.75, 3.05) is 0 Å². The van der Waals surface area contributed by atoms with Crippen LogP contribution in [0.2, 0.25) is 0 Å². The molecule has 0 bridgehead atoms. The van der Waals surface area contributed by atoms with Gasteiger partial charge in [-0.3, -0.25) is 0 Å². The lowest BCUT2D eigenvalue weighted by molar-refractivity contribution is -0.343. The zero-order valence-corrected chi connectivity index (χ0v) is 9.95. The maximum absolute atomic E-state index is 9.19. The van der Waals surface area contributed by atoms with Gasteiger partial charge < -0.3 is 5.11 Å². The number of rotatable bonds is 4. The minimum Gasteiger partial charge on any atom is -0.393 e. The molecule has 3 nitrogen and oxygen atoms in total. The van der Waals surface area contributed by atoms with Crippen molar-refractivity contribution in [3.63, 3.8) is 0 Å². The van der Waals surface area contributed by atoms with Crippen LogP contribution in [-0.4, -0.2) is 17.3 Å². The normalized spacial score (nSPS) is 25.8. The summed E-state index contributed by atoms with van der Waals surface area (Å²) >= 11 is 0. The van der Waals surface area contributed by atoms with Gasteiger partial charge in [0.2, 0.25) is 0 Å². The molecule has 1 aromatic carbocycles. The van der Waals surface area contributed by atoms with Gasteiger partial charge in [-0.05, 0) is 31.4 Å². The van der Waals surface area contributed by atoms with Gasteiger partial charge in [0, 0.05) is 0 Å². The van der Waals surface area contributed by atoms with Gasteiger partial charge in [0.1, 0.15) is 12.2 Å². The summed E-state index contributed by atoms with van der Waals surface area (Å²) in [4.78, 5) is 10.6. The van der Waals surface area contributed by atoms with E-state index in [1.807, 2.05) is 42.5 Å². The Kier molecular flexibility index (Phi) is 4.31. The monoisotopic (exact) mass is 234 g/mol. The molecule has 0 saturated heterocycles. The van der Waals surface area contributed by atoms with E-state index in [1.165, 1.54) is 0 Å². The summed E-state index contributed by atoms with van der Waals surface area (Å²) in [7, 11) is 0. The number of benzene rings is 1. The molecule has 1 aliphatic heterocycles. The molecule has 1 aromatic rings. The van der Waals surface area contributed by atoms with E-state index in [9.17, 15) is 5.11 Å². The number of aliphatic hydroxyl groups is 1. The number of hydrogen-bond donors (Lipinski definition) is 1. The lowest BCUT2D eigenvalue weighted by Gasteiger charge is -2.23. The van der Waals surface area contributed by atoms with Crippen LogP contribution in [0.25, 0.3) is 0 Å². The highest BCUT2D eigenvalue weighted by Crippen LogP contribution is 2.25. The molecular weight excluding hydrogens is 216 g/mol. The van der Waals surface area contributed by atoms with Gasteiger partial charge in [0.05, 0.1) is 6.10 Å². The third-order valence-corrected chi connectivity index (χ3v) is 2.78. The smallest absolute Gasteiger partial charge is 0.136 e. The van der Waals surface area contributed by atoms with E-state index in [0.717, 1.165) is 12.0 Å². The first-order valence-electron chi connectivity index (χ1n) is 5.99. The molecule has 0 amide bonds. The topological polar surface area (TPSA) is 38.7 Å². The highest BCUT2D eigenvalue weighted by atomic mass is 17.2. The highest BCUT2D eigenvalue weighted by Gasteiger charge is 2.18. The molecule has 2 rings (SSSR count). The lowest BCUT2D eigenvalue weighted by atomic mass is 10.1. The molecule has 0 spiro atoms. The highest BCUT2D eigenvalue weighted by molar-refractivity contribution is 5.22. The molecule has 1 heterocycles. The molecule has 0 aromatic heterocycles. The minimum absolute atomic E-state index is 0.0513. The van der Waals surface area contributed by atoms with E-state index < -0.39 is 0 Å². The van der Waals surface area contributed by atoms with E-state index >= 15 is 0 Å². The summed E-state index contributed by atoms with van der Waals surface area (Å²) < 4.78 is 0. The van der Waals surface area contributed by atoms with Gasteiger partial charge in [-0.2, -0.15) is 0 Å². The van der Waals surface area contributed by atoms with E-state index in [2.05, 4.69) is 0 Å². The van der Waals surface area contributed by atoms with Crippen molar-refractivity contribution < 1.29 is 14.9 Å². The summed E-state index contributed by atoms with van der Waals surface area (Å²) in [6.07, 6.45) is 5.03. The van der Waals surface area contributed by atoms with E-state index in [1.54, 1.807) is 6.92 Å². The first-order chi connectivity index (χ1) is 8.25. The first-order valence-corrected chi connectivity index (χ1v) is 5.99. The van der Waals surface area contributed by atoms with Crippen LogP contribution < -0.4 is 0 Å². The first kappa shape index (κ1) is 12.3. The molecule has 1 aliphatic rings. The molecule has 0 aliphatic carbocycles. The van der Waals surface area contributed by atoms with Crippen LogP contribution in [0.15, 0.2) is 42.5 Å². The standard InChI is InChI=1S/C14H18O3/c1-11(15)7-8-13-9-10-14(17-16-13)12-5-3-2-4-6-12/h2-6,9-11,13-15H,7-8H2,1H3/t11?,13-,14-/m0/s1. The van der Waals surface area contributed by atoms with Crippen molar-refractivity contribution in [3.05, 3.63) is 48.0 Å².